The number of aromatic nitrogens is 1. The van der Waals surface area contributed by atoms with E-state index in [0.29, 0.717) is 5.69 Å². The second kappa shape index (κ2) is 5.75. The number of thiazole rings is 1. The number of anilines is 1. The van der Waals surface area contributed by atoms with E-state index < -0.39 is 10.0 Å². The van der Waals surface area contributed by atoms with Gasteiger partial charge in [-0.05, 0) is 51.0 Å². The second-order valence-corrected chi connectivity index (χ2v) is 7.73. The molecule has 0 bridgehead atoms. The van der Waals surface area contributed by atoms with Gasteiger partial charge in [0.25, 0.3) is 0 Å². The van der Waals surface area contributed by atoms with E-state index in [9.17, 15) is 8.42 Å². The molecule has 7 heteroatoms. The standard InChI is InChI=1S/C14H19N3O2S2/c1-8-5-12(6-13(15)10(8)3)21(18,19)17-11(4)14-16-9(2)7-20-14/h5-7,11,17H,15H2,1-4H3. The summed E-state index contributed by atoms with van der Waals surface area (Å²) < 4.78 is 27.5. The molecule has 0 aliphatic heterocycles. The predicted octanol–water partition coefficient (Wildman–Crippen LogP) is 2.69. The van der Waals surface area contributed by atoms with E-state index in [1.807, 2.05) is 26.2 Å². The quantitative estimate of drug-likeness (QED) is 0.846. The Bertz CT molecular complexity index is 743. The van der Waals surface area contributed by atoms with Crippen LogP contribution in [0.2, 0.25) is 0 Å². The lowest BCUT2D eigenvalue weighted by molar-refractivity contribution is 0.566. The van der Waals surface area contributed by atoms with Crippen molar-refractivity contribution in [3.63, 3.8) is 0 Å². The van der Waals surface area contributed by atoms with Crippen LogP contribution in [0.4, 0.5) is 5.69 Å². The van der Waals surface area contributed by atoms with Crippen molar-refractivity contribution >= 4 is 27.0 Å². The van der Waals surface area contributed by atoms with Crippen LogP contribution in [0.1, 0.15) is 34.8 Å². The zero-order valence-electron chi connectivity index (χ0n) is 12.5. The van der Waals surface area contributed by atoms with Crippen LogP contribution in [0, 0.1) is 20.8 Å². The molecule has 1 aromatic carbocycles. The van der Waals surface area contributed by atoms with Crippen LogP contribution in [0.25, 0.3) is 0 Å². The van der Waals surface area contributed by atoms with Gasteiger partial charge in [-0.2, -0.15) is 0 Å². The number of sulfonamides is 1. The van der Waals surface area contributed by atoms with Crippen LogP contribution in [-0.2, 0) is 10.0 Å². The lowest BCUT2D eigenvalue weighted by Gasteiger charge is -2.14. The molecule has 0 amide bonds. The molecule has 21 heavy (non-hydrogen) atoms. The van der Waals surface area contributed by atoms with Gasteiger partial charge in [0.1, 0.15) is 5.01 Å². The van der Waals surface area contributed by atoms with E-state index in [-0.39, 0.29) is 10.9 Å². The SMILES string of the molecule is Cc1csc(C(C)NS(=O)(=O)c2cc(C)c(C)c(N)c2)n1. The minimum Gasteiger partial charge on any atom is -0.398 e. The molecule has 0 radical (unpaired) electrons. The summed E-state index contributed by atoms with van der Waals surface area (Å²) in [6.07, 6.45) is 0. The van der Waals surface area contributed by atoms with Gasteiger partial charge >= 0.3 is 0 Å². The van der Waals surface area contributed by atoms with E-state index in [2.05, 4.69) is 9.71 Å². The number of aryl methyl sites for hydroxylation is 2. The van der Waals surface area contributed by atoms with Crippen LogP contribution in [-0.4, -0.2) is 13.4 Å². The van der Waals surface area contributed by atoms with Crippen LogP contribution >= 0.6 is 11.3 Å². The summed E-state index contributed by atoms with van der Waals surface area (Å²) in [6.45, 7) is 7.37. The van der Waals surface area contributed by atoms with Crippen molar-refractivity contribution in [2.45, 2.75) is 38.6 Å². The summed E-state index contributed by atoms with van der Waals surface area (Å²) in [5.41, 5.74) is 8.98. The highest BCUT2D eigenvalue weighted by Gasteiger charge is 2.21. The van der Waals surface area contributed by atoms with Gasteiger partial charge in [0.05, 0.1) is 10.9 Å². The number of hydrogen-bond donors (Lipinski definition) is 2. The van der Waals surface area contributed by atoms with E-state index in [1.54, 1.807) is 13.0 Å². The maximum atomic E-state index is 12.4. The summed E-state index contributed by atoms with van der Waals surface area (Å²) >= 11 is 1.44. The molecule has 2 rings (SSSR count). The lowest BCUT2D eigenvalue weighted by Crippen LogP contribution is -2.27. The van der Waals surface area contributed by atoms with Gasteiger partial charge in [0.2, 0.25) is 10.0 Å². The Hall–Kier alpha value is -1.44. The normalized spacial score (nSPS) is 13.3. The average Bonchev–Trinajstić information content (AvgIpc) is 2.81. The Balaban J connectivity index is 2.30. The smallest absolute Gasteiger partial charge is 0.241 e. The number of rotatable bonds is 4. The van der Waals surface area contributed by atoms with Gasteiger partial charge in [-0.15, -0.1) is 11.3 Å². The molecule has 2 aromatic rings. The van der Waals surface area contributed by atoms with Gasteiger partial charge in [-0.1, -0.05) is 0 Å². The zero-order valence-corrected chi connectivity index (χ0v) is 14.1. The summed E-state index contributed by atoms with van der Waals surface area (Å²) in [5, 5.41) is 2.64. The Morgan fingerprint density at radius 1 is 1.29 bits per heavy atom. The molecule has 0 aliphatic carbocycles. The first-order valence-corrected chi connectivity index (χ1v) is 8.88. The molecule has 1 unspecified atom stereocenters. The fourth-order valence-electron chi connectivity index (χ4n) is 1.93. The first kappa shape index (κ1) is 15.9. The van der Waals surface area contributed by atoms with Gasteiger partial charge in [0, 0.05) is 16.8 Å². The van der Waals surface area contributed by atoms with Crippen LogP contribution < -0.4 is 10.5 Å². The summed E-state index contributed by atoms with van der Waals surface area (Å²) in [5.74, 6) is 0. The fraction of sp³-hybridized carbons (Fsp3) is 0.357. The van der Waals surface area contributed by atoms with Crippen LogP contribution in [0.5, 0.6) is 0 Å². The maximum absolute atomic E-state index is 12.4. The van der Waals surface area contributed by atoms with Gasteiger partial charge in [-0.25, -0.2) is 18.1 Å². The molecule has 1 heterocycles. The van der Waals surface area contributed by atoms with Crippen molar-refractivity contribution in [3.8, 4) is 0 Å². The Morgan fingerprint density at radius 2 is 1.95 bits per heavy atom. The molecule has 114 valence electrons. The second-order valence-electron chi connectivity index (χ2n) is 5.12. The molecule has 1 aromatic heterocycles. The molecular formula is C14H19N3O2S2. The third-order valence-corrected chi connectivity index (χ3v) is 6.00. The number of hydrogen-bond acceptors (Lipinski definition) is 5. The molecule has 0 saturated heterocycles. The summed E-state index contributed by atoms with van der Waals surface area (Å²) in [4.78, 5) is 4.49. The minimum absolute atomic E-state index is 0.184. The Kier molecular flexibility index (Phi) is 4.36. The van der Waals surface area contributed by atoms with Crippen molar-refractivity contribution in [2.24, 2.45) is 0 Å². The number of nitrogens with one attached hydrogen (secondary N) is 1. The van der Waals surface area contributed by atoms with Crippen molar-refractivity contribution in [3.05, 3.63) is 39.3 Å². The van der Waals surface area contributed by atoms with Crippen molar-refractivity contribution in [1.29, 1.82) is 0 Å². The molecule has 0 aliphatic rings. The predicted molar refractivity (Wildman–Crippen MR) is 85.9 cm³/mol. The van der Waals surface area contributed by atoms with Gasteiger partial charge < -0.3 is 5.73 Å². The zero-order chi connectivity index (χ0) is 15.8. The topological polar surface area (TPSA) is 85.1 Å². The molecule has 1 atom stereocenters. The number of nitrogen functional groups attached to an aromatic ring is 1. The molecular weight excluding hydrogens is 306 g/mol. The number of benzene rings is 1. The van der Waals surface area contributed by atoms with Crippen molar-refractivity contribution in [1.82, 2.24) is 9.71 Å². The van der Waals surface area contributed by atoms with E-state index >= 15 is 0 Å². The molecule has 5 nitrogen and oxygen atoms in total. The highest BCUT2D eigenvalue weighted by Crippen LogP contribution is 2.24. The van der Waals surface area contributed by atoms with E-state index in [0.717, 1.165) is 21.8 Å². The highest BCUT2D eigenvalue weighted by molar-refractivity contribution is 7.89. The molecule has 3 N–H and O–H groups in total. The minimum atomic E-state index is -3.62. The lowest BCUT2D eigenvalue weighted by atomic mass is 10.1. The maximum Gasteiger partial charge on any atom is 0.241 e. The first-order chi connectivity index (χ1) is 9.70. The molecule has 0 spiro atoms. The van der Waals surface area contributed by atoms with Crippen LogP contribution in [0.3, 0.4) is 0 Å². The average molecular weight is 325 g/mol. The van der Waals surface area contributed by atoms with Crippen molar-refractivity contribution < 1.29 is 8.42 Å². The molecule has 0 fully saturated rings. The van der Waals surface area contributed by atoms with Crippen molar-refractivity contribution in [2.75, 3.05) is 5.73 Å². The molecule has 0 saturated carbocycles. The fourth-order valence-corrected chi connectivity index (χ4v) is 4.14. The Labute approximate surface area is 129 Å². The number of nitrogens with zero attached hydrogens (tertiary/aromatic N) is 1. The summed E-state index contributed by atoms with van der Waals surface area (Å²) in [6, 6.07) is 2.75. The summed E-state index contributed by atoms with van der Waals surface area (Å²) in [7, 11) is -3.62. The van der Waals surface area contributed by atoms with E-state index in [1.165, 1.54) is 17.4 Å². The monoisotopic (exact) mass is 325 g/mol. The van der Waals surface area contributed by atoms with Gasteiger partial charge in [0.15, 0.2) is 0 Å². The van der Waals surface area contributed by atoms with Crippen LogP contribution in [0.15, 0.2) is 22.4 Å². The highest BCUT2D eigenvalue weighted by atomic mass is 32.2. The largest absolute Gasteiger partial charge is 0.398 e. The third-order valence-electron chi connectivity index (χ3n) is 3.33. The Morgan fingerprint density at radius 3 is 2.48 bits per heavy atom. The van der Waals surface area contributed by atoms with Gasteiger partial charge in [-0.3, -0.25) is 0 Å². The first-order valence-electron chi connectivity index (χ1n) is 6.52. The number of nitrogens with two attached hydrogens (primary N) is 1. The third kappa shape index (κ3) is 3.42. The van der Waals surface area contributed by atoms with E-state index in [4.69, 9.17) is 5.73 Å².